The molecule has 1 saturated heterocycles. The fraction of sp³-hybridized carbons (Fsp3) is 0.400. The van der Waals surface area contributed by atoms with Crippen LogP contribution in [0.3, 0.4) is 0 Å². The van der Waals surface area contributed by atoms with Gasteiger partial charge in [0.25, 0.3) is 0 Å². The van der Waals surface area contributed by atoms with E-state index in [-0.39, 0.29) is 18.1 Å². The van der Waals surface area contributed by atoms with Crippen LogP contribution in [0.15, 0.2) is 54.9 Å². The molecular weight excluding hydrogens is 314 g/mol. The van der Waals surface area contributed by atoms with Crippen LogP contribution in [0.2, 0.25) is 0 Å². The van der Waals surface area contributed by atoms with Crippen LogP contribution in [0, 0.1) is 5.92 Å². The van der Waals surface area contributed by atoms with Gasteiger partial charge in [0.05, 0.1) is 6.04 Å². The Bertz CT molecular complexity index is 618. The minimum Gasteiger partial charge on any atom is -0.381 e. The van der Waals surface area contributed by atoms with Crippen molar-refractivity contribution in [1.29, 1.82) is 0 Å². The van der Waals surface area contributed by atoms with Crippen molar-refractivity contribution in [3.05, 3.63) is 66.0 Å². The summed E-state index contributed by atoms with van der Waals surface area (Å²) in [5.74, 6) is 0.466. The monoisotopic (exact) mass is 339 g/mol. The van der Waals surface area contributed by atoms with E-state index in [0.717, 1.165) is 37.2 Å². The van der Waals surface area contributed by atoms with E-state index in [2.05, 4.69) is 22.5 Å². The zero-order valence-corrected chi connectivity index (χ0v) is 14.5. The Balaban J connectivity index is 1.68. The fourth-order valence-corrected chi connectivity index (χ4v) is 3.26. The van der Waals surface area contributed by atoms with Gasteiger partial charge in [-0.15, -0.1) is 0 Å². The van der Waals surface area contributed by atoms with Crippen LogP contribution in [0.25, 0.3) is 0 Å². The number of amides is 2. The highest BCUT2D eigenvalue weighted by Crippen LogP contribution is 2.22. The molecule has 0 bridgehead atoms. The fourth-order valence-electron chi connectivity index (χ4n) is 3.26. The molecule has 0 radical (unpaired) electrons. The first-order valence-corrected chi connectivity index (χ1v) is 8.83. The normalized spacial score (nSPS) is 17.5. The van der Waals surface area contributed by atoms with Gasteiger partial charge in [-0.1, -0.05) is 36.4 Å². The molecule has 3 rings (SSSR count). The van der Waals surface area contributed by atoms with Crippen molar-refractivity contribution in [2.24, 2.45) is 5.92 Å². The van der Waals surface area contributed by atoms with Crippen LogP contribution in [-0.4, -0.2) is 30.3 Å². The van der Waals surface area contributed by atoms with Crippen LogP contribution >= 0.6 is 0 Å². The molecule has 0 spiro atoms. The summed E-state index contributed by atoms with van der Waals surface area (Å²) in [5.41, 5.74) is 1.99. The van der Waals surface area contributed by atoms with E-state index in [1.165, 1.54) is 0 Å². The molecule has 2 N–H and O–H groups in total. The van der Waals surface area contributed by atoms with E-state index < -0.39 is 0 Å². The molecule has 2 heterocycles. The van der Waals surface area contributed by atoms with Crippen LogP contribution in [0.4, 0.5) is 4.79 Å². The zero-order chi connectivity index (χ0) is 17.5. The maximum Gasteiger partial charge on any atom is 0.315 e. The standard InChI is InChI=1S/C20H25N3O2/c1-15(16-9-12-25-13-10-16)22-20(24)23-19(17-6-3-2-4-7-17)18-8-5-11-21-14-18/h2-8,11,14-16,19H,9-10,12-13H2,1H3,(H2,22,23,24)/t15-,19-/m0/s1. The molecule has 1 aliphatic rings. The summed E-state index contributed by atoms with van der Waals surface area (Å²) in [4.78, 5) is 16.8. The number of pyridine rings is 1. The molecule has 5 heteroatoms. The molecule has 132 valence electrons. The lowest BCUT2D eigenvalue weighted by atomic mass is 9.93. The number of rotatable bonds is 5. The van der Waals surface area contributed by atoms with Crippen LogP contribution in [0.5, 0.6) is 0 Å². The SMILES string of the molecule is C[C@H](NC(=O)N[C@@H](c1ccccc1)c1cccnc1)C1CCOCC1. The van der Waals surface area contributed by atoms with Gasteiger partial charge in [-0.2, -0.15) is 0 Å². The van der Waals surface area contributed by atoms with Gasteiger partial charge in [-0.25, -0.2) is 4.79 Å². The number of carbonyl (C=O) groups excluding carboxylic acids is 1. The highest BCUT2D eigenvalue weighted by atomic mass is 16.5. The number of benzene rings is 1. The van der Waals surface area contributed by atoms with Crippen molar-refractivity contribution in [3.63, 3.8) is 0 Å². The van der Waals surface area contributed by atoms with E-state index in [0.29, 0.717) is 5.92 Å². The quantitative estimate of drug-likeness (QED) is 0.879. The Morgan fingerprint density at radius 2 is 1.80 bits per heavy atom. The minimum atomic E-state index is -0.225. The van der Waals surface area contributed by atoms with Gasteiger partial charge >= 0.3 is 6.03 Å². The molecule has 5 nitrogen and oxygen atoms in total. The lowest BCUT2D eigenvalue weighted by molar-refractivity contribution is 0.0570. The third kappa shape index (κ3) is 4.79. The summed E-state index contributed by atoms with van der Waals surface area (Å²) in [6, 6.07) is 13.5. The molecule has 2 aromatic rings. The predicted molar refractivity (Wildman–Crippen MR) is 97.2 cm³/mol. The van der Waals surface area contributed by atoms with Crippen molar-refractivity contribution in [1.82, 2.24) is 15.6 Å². The molecule has 2 atom stereocenters. The second-order valence-electron chi connectivity index (χ2n) is 6.49. The second-order valence-corrected chi connectivity index (χ2v) is 6.49. The highest BCUT2D eigenvalue weighted by molar-refractivity contribution is 5.75. The summed E-state index contributed by atoms with van der Waals surface area (Å²) in [5, 5.41) is 6.19. The molecule has 1 fully saturated rings. The van der Waals surface area contributed by atoms with Crippen molar-refractivity contribution >= 4 is 6.03 Å². The van der Waals surface area contributed by atoms with Gasteiger partial charge in [0.2, 0.25) is 0 Å². The Kier molecular flexibility index (Phi) is 6.01. The molecule has 2 amide bonds. The van der Waals surface area contributed by atoms with E-state index in [9.17, 15) is 4.79 Å². The largest absolute Gasteiger partial charge is 0.381 e. The Morgan fingerprint density at radius 1 is 1.08 bits per heavy atom. The maximum absolute atomic E-state index is 12.6. The number of nitrogens with zero attached hydrogens (tertiary/aromatic N) is 1. The van der Waals surface area contributed by atoms with E-state index in [1.54, 1.807) is 12.4 Å². The number of urea groups is 1. The van der Waals surface area contributed by atoms with Crippen LogP contribution in [-0.2, 0) is 4.74 Å². The molecule has 1 aliphatic heterocycles. The summed E-state index contributed by atoms with van der Waals surface area (Å²) < 4.78 is 5.40. The number of ether oxygens (including phenoxy) is 1. The van der Waals surface area contributed by atoms with Crippen LogP contribution < -0.4 is 10.6 Å². The molecule has 0 aliphatic carbocycles. The van der Waals surface area contributed by atoms with Crippen molar-refractivity contribution in [3.8, 4) is 0 Å². The summed E-state index contributed by atoms with van der Waals surface area (Å²) >= 11 is 0. The Labute approximate surface area is 148 Å². The molecular formula is C20H25N3O2. The second kappa shape index (κ2) is 8.62. The van der Waals surface area contributed by atoms with Gasteiger partial charge in [-0.05, 0) is 42.9 Å². The minimum absolute atomic E-state index is 0.120. The van der Waals surface area contributed by atoms with E-state index >= 15 is 0 Å². The van der Waals surface area contributed by atoms with Gasteiger partial charge < -0.3 is 15.4 Å². The van der Waals surface area contributed by atoms with E-state index in [4.69, 9.17) is 4.74 Å². The first-order chi connectivity index (χ1) is 12.2. The first-order valence-electron chi connectivity index (χ1n) is 8.83. The number of aromatic nitrogens is 1. The molecule has 25 heavy (non-hydrogen) atoms. The zero-order valence-electron chi connectivity index (χ0n) is 14.5. The van der Waals surface area contributed by atoms with Crippen molar-refractivity contribution < 1.29 is 9.53 Å². The Morgan fingerprint density at radius 3 is 2.48 bits per heavy atom. The summed E-state index contributed by atoms with van der Waals surface area (Å²) in [6.45, 7) is 3.62. The molecule has 1 aromatic heterocycles. The average Bonchev–Trinajstić information content (AvgIpc) is 2.68. The van der Waals surface area contributed by atoms with Crippen molar-refractivity contribution in [2.75, 3.05) is 13.2 Å². The number of carbonyl (C=O) groups is 1. The summed E-state index contributed by atoms with van der Waals surface area (Å²) in [6.07, 6.45) is 5.51. The Hall–Kier alpha value is -2.40. The summed E-state index contributed by atoms with van der Waals surface area (Å²) in [7, 11) is 0. The topological polar surface area (TPSA) is 63.2 Å². The van der Waals surface area contributed by atoms with E-state index in [1.807, 2.05) is 42.5 Å². The van der Waals surface area contributed by atoms with Gasteiger partial charge in [-0.3, -0.25) is 4.98 Å². The lowest BCUT2D eigenvalue weighted by Gasteiger charge is -2.29. The highest BCUT2D eigenvalue weighted by Gasteiger charge is 2.23. The lowest BCUT2D eigenvalue weighted by Crippen LogP contribution is -2.46. The smallest absolute Gasteiger partial charge is 0.315 e. The van der Waals surface area contributed by atoms with Gasteiger partial charge in [0.15, 0.2) is 0 Å². The molecule has 0 saturated carbocycles. The third-order valence-corrected chi connectivity index (χ3v) is 4.76. The van der Waals surface area contributed by atoms with Gasteiger partial charge in [0.1, 0.15) is 0 Å². The maximum atomic E-state index is 12.6. The first kappa shape index (κ1) is 17.4. The number of hydrogen-bond acceptors (Lipinski definition) is 3. The van der Waals surface area contributed by atoms with Crippen molar-refractivity contribution in [2.45, 2.75) is 31.8 Å². The number of nitrogens with one attached hydrogen (secondary N) is 2. The van der Waals surface area contributed by atoms with Crippen LogP contribution in [0.1, 0.15) is 36.9 Å². The number of hydrogen-bond donors (Lipinski definition) is 2. The third-order valence-electron chi connectivity index (χ3n) is 4.76. The molecule has 0 unspecified atom stereocenters. The average molecular weight is 339 g/mol. The predicted octanol–water partition coefficient (Wildman–Crippen LogP) is 3.29. The molecule has 1 aromatic carbocycles. The van der Waals surface area contributed by atoms with Gasteiger partial charge in [0, 0.05) is 31.6 Å².